The second kappa shape index (κ2) is 5.98. The van der Waals surface area contributed by atoms with Gasteiger partial charge in [-0.2, -0.15) is 0 Å². The first kappa shape index (κ1) is 13.1. The average molecular weight is 247 g/mol. The number of nitrogens with two attached hydrogens (primary N) is 1. The Morgan fingerprint density at radius 2 is 2.39 bits per heavy atom. The van der Waals surface area contributed by atoms with Crippen molar-refractivity contribution < 1.29 is 4.79 Å². The van der Waals surface area contributed by atoms with Gasteiger partial charge in [0.05, 0.1) is 6.54 Å². The molecule has 0 unspecified atom stereocenters. The number of aryl methyl sites for hydroxylation is 1. The average Bonchev–Trinajstić information content (AvgIpc) is 2.74. The lowest BCUT2D eigenvalue weighted by atomic mass is 10.1. The lowest BCUT2D eigenvalue weighted by Gasteiger charge is -2.14. The number of carbonyl (C=O) groups excluding carboxylic acids is 1. The largest absolute Gasteiger partial charge is 0.326 e. The van der Waals surface area contributed by atoms with Crippen LogP contribution in [0.3, 0.4) is 0 Å². The third kappa shape index (κ3) is 3.55. The van der Waals surface area contributed by atoms with Crippen LogP contribution in [0.25, 0.3) is 0 Å². The van der Waals surface area contributed by atoms with E-state index >= 15 is 0 Å². The van der Waals surface area contributed by atoms with Crippen molar-refractivity contribution in [1.29, 1.82) is 0 Å². The molecule has 1 saturated heterocycles. The molecule has 1 aromatic carbocycles. The summed E-state index contributed by atoms with van der Waals surface area (Å²) < 4.78 is 0. The van der Waals surface area contributed by atoms with E-state index in [1.165, 1.54) is 5.56 Å². The first-order valence-corrected chi connectivity index (χ1v) is 6.54. The van der Waals surface area contributed by atoms with Crippen LogP contribution in [0.4, 0.5) is 5.69 Å². The number of amides is 1. The molecule has 18 heavy (non-hydrogen) atoms. The van der Waals surface area contributed by atoms with Crippen molar-refractivity contribution in [1.82, 2.24) is 4.90 Å². The molecule has 2 rings (SSSR count). The van der Waals surface area contributed by atoms with Crippen LogP contribution in [-0.4, -0.2) is 36.5 Å². The molecular weight excluding hydrogens is 226 g/mol. The van der Waals surface area contributed by atoms with E-state index in [1.807, 2.05) is 18.2 Å². The lowest BCUT2D eigenvalue weighted by Crippen LogP contribution is -2.33. The van der Waals surface area contributed by atoms with E-state index in [-0.39, 0.29) is 11.9 Å². The summed E-state index contributed by atoms with van der Waals surface area (Å²) >= 11 is 0. The smallest absolute Gasteiger partial charge is 0.238 e. The molecule has 0 spiro atoms. The Morgan fingerprint density at radius 1 is 1.56 bits per heavy atom. The Bertz CT molecular complexity index is 419. The third-order valence-corrected chi connectivity index (χ3v) is 3.30. The third-order valence-electron chi connectivity index (χ3n) is 3.30. The van der Waals surface area contributed by atoms with Gasteiger partial charge in [-0.3, -0.25) is 9.69 Å². The highest BCUT2D eigenvalue weighted by Gasteiger charge is 2.20. The summed E-state index contributed by atoms with van der Waals surface area (Å²) in [6, 6.07) is 8.21. The Balaban J connectivity index is 1.86. The Morgan fingerprint density at radius 3 is 3.06 bits per heavy atom. The number of benzene rings is 1. The maximum Gasteiger partial charge on any atom is 0.238 e. The van der Waals surface area contributed by atoms with Gasteiger partial charge in [-0.1, -0.05) is 19.1 Å². The van der Waals surface area contributed by atoms with Gasteiger partial charge in [0, 0.05) is 24.8 Å². The molecule has 0 saturated carbocycles. The summed E-state index contributed by atoms with van der Waals surface area (Å²) in [5.74, 6) is 0.0392. The highest BCUT2D eigenvalue weighted by atomic mass is 16.2. The minimum Gasteiger partial charge on any atom is -0.326 e. The Hall–Kier alpha value is -1.39. The fourth-order valence-electron chi connectivity index (χ4n) is 2.28. The van der Waals surface area contributed by atoms with Crippen molar-refractivity contribution in [3.8, 4) is 0 Å². The van der Waals surface area contributed by atoms with Gasteiger partial charge in [0.25, 0.3) is 0 Å². The minimum absolute atomic E-state index is 0.0392. The molecule has 1 aliphatic rings. The van der Waals surface area contributed by atoms with Crippen LogP contribution < -0.4 is 11.1 Å². The standard InChI is InChI=1S/C14H21N3O/c1-2-11-4-3-5-13(8-11)16-14(18)10-17-7-6-12(15)9-17/h3-5,8,12H,2,6-7,9-10,15H2,1H3,(H,16,18)/t12-/m1/s1. The van der Waals surface area contributed by atoms with Crippen molar-refractivity contribution in [3.63, 3.8) is 0 Å². The molecule has 1 heterocycles. The van der Waals surface area contributed by atoms with E-state index in [9.17, 15) is 4.79 Å². The zero-order valence-electron chi connectivity index (χ0n) is 10.9. The van der Waals surface area contributed by atoms with Gasteiger partial charge in [-0.25, -0.2) is 0 Å². The second-order valence-corrected chi connectivity index (χ2v) is 4.89. The van der Waals surface area contributed by atoms with Gasteiger partial charge < -0.3 is 11.1 Å². The van der Waals surface area contributed by atoms with Crippen molar-refractivity contribution in [2.45, 2.75) is 25.8 Å². The number of likely N-dealkylation sites (tertiary alicyclic amines) is 1. The number of hydrogen-bond donors (Lipinski definition) is 2. The van der Waals surface area contributed by atoms with E-state index in [0.29, 0.717) is 6.54 Å². The fraction of sp³-hybridized carbons (Fsp3) is 0.500. The van der Waals surface area contributed by atoms with E-state index < -0.39 is 0 Å². The predicted molar refractivity (Wildman–Crippen MR) is 73.5 cm³/mol. The SMILES string of the molecule is CCc1cccc(NC(=O)CN2CC[C@@H](N)C2)c1. The van der Waals surface area contributed by atoms with Crippen molar-refractivity contribution in [2.75, 3.05) is 25.0 Å². The van der Waals surface area contributed by atoms with Crippen molar-refractivity contribution >= 4 is 11.6 Å². The Kier molecular flexibility index (Phi) is 4.33. The highest BCUT2D eigenvalue weighted by Crippen LogP contribution is 2.12. The number of nitrogens with zero attached hydrogens (tertiary/aromatic N) is 1. The summed E-state index contributed by atoms with van der Waals surface area (Å²) in [4.78, 5) is 14.0. The summed E-state index contributed by atoms with van der Waals surface area (Å²) in [5, 5.41) is 2.94. The number of rotatable bonds is 4. The number of nitrogens with one attached hydrogen (secondary N) is 1. The molecule has 1 aliphatic heterocycles. The van der Waals surface area contributed by atoms with Crippen LogP contribution in [0.5, 0.6) is 0 Å². The first-order chi connectivity index (χ1) is 8.67. The Labute approximate surface area is 108 Å². The lowest BCUT2D eigenvalue weighted by molar-refractivity contribution is -0.117. The fourth-order valence-corrected chi connectivity index (χ4v) is 2.28. The van der Waals surface area contributed by atoms with Crippen LogP contribution in [0.15, 0.2) is 24.3 Å². The molecule has 0 bridgehead atoms. The van der Waals surface area contributed by atoms with Gasteiger partial charge in [0.15, 0.2) is 0 Å². The van der Waals surface area contributed by atoms with Gasteiger partial charge in [0.2, 0.25) is 5.91 Å². The van der Waals surface area contributed by atoms with E-state index in [1.54, 1.807) is 0 Å². The predicted octanol–water partition coefficient (Wildman–Crippen LogP) is 1.22. The summed E-state index contributed by atoms with van der Waals surface area (Å²) in [6.45, 7) is 4.28. The molecule has 0 radical (unpaired) electrons. The first-order valence-electron chi connectivity index (χ1n) is 6.54. The molecule has 1 atom stereocenters. The van der Waals surface area contributed by atoms with Gasteiger partial charge in [0.1, 0.15) is 0 Å². The zero-order chi connectivity index (χ0) is 13.0. The normalized spacial score (nSPS) is 20.0. The van der Waals surface area contributed by atoms with Crippen LogP contribution in [0, 0.1) is 0 Å². The monoisotopic (exact) mass is 247 g/mol. The molecule has 3 N–H and O–H groups in total. The topological polar surface area (TPSA) is 58.4 Å². The molecule has 4 nitrogen and oxygen atoms in total. The summed E-state index contributed by atoms with van der Waals surface area (Å²) in [6.07, 6.45) is 1.96. The quantitative estimate of drug-likeness (QED) is 0.841. The van der Waals surface area contributed by atoms with Crippen LogP contribution >= 0.6 is 0 Å². The maximum absolute atomic E-state index is 11.9. The summed E-state index contributed by atoms with van der Waals surface area (Å²) in [5.41, 5.74) is 7.93. The molecule has 0 aliphatic carbocycles. The van der Waals surface area contributed by atoms with Crippen LogP contribution in [0.1, 0.15) is 18.9 Å². The number of anilines is 1. The van der Waals surface area contributed by atoms with E-state index in [2.05, 4.69) is 23.2 Å². The number of carbonyl (C=O) groups is 1. The van der Waals surface area contributed by atoms with Crippen molar-refractivity contribution in [2.24, 2.45) is 5.73 Å². The molecule has 1 fully saturated rings. The molecule has 98 valence electrons. The number of hydrogen-bond acceptors (Lipinski definition) is 3. The molecule has 1 aromatic rings. The van der Waals surface area contributed by atoms with E-state index in [4.69, 9.17) is 5.73 Å². The van der Waals surface area contributed by atoms with Gasteiger partial charge in [-0.05, 0) is 30.5 Å². The summed E-state index contributed by atoms with van der Waals surface area (Å²) in [7, 11) is 0. The van der Waals surface area contributed by atoms with E-state index in [0.717, 1.165) is 31.6 Å². The van der Waals surface area contributed by atoms with Crippen molar-refractivity contribution in [3.05, 3.63) is 29.8 Å². The van der Waals surface area contributed by atoms with Gasteiger partial charge in [-0.15, -0.1) is 0 Å². The molecule has 0 aromatic heterocycles. The zero-order valence-corrected chi connectivity index (χ0v) is 10.9. The maximum atomic E-state index is 11.9. The second-order valence-electron chi connectivity index (χ2n) is 4.89. The molecular formula is C14H21N3O. The minimum atomic E-state index is 0.0392. The molecule has 4 heteroatoms. The van der Waals surface area contributed by atoms with Crippen LogP contribution in [0.2, 0.25) is 0 Å². The van der Waals surface area contributed by atoms with Gasteiger partial charge >= 0.3 is 0 Å². The molecule has 1 amide bonds. The van der Waals surface area contributed by atoms with Crippen LogP contribution in [-0.2, 0) is 11.2 Å². The highest BCUT2D eigenvalue weighted by molar-refractivity contribution is 5.92.